The fraction of sp³-hybridized carbons (Fsp3) is 0.850. The number of ketones is 1. The van der Waals surface area contributed by atoms with E-state index in [-0.39, 0.29) is 0 Å². The van der Waals surface area contributed by atoms with Crippen LogP contribution in [0.3, 0.4) is 0 Å². The maximum absolute atomic E-state index is 12.1. The summed E-state index contributed by atoms with van der Waals surface area (Å²) in [7, 11) is 0. The zero-order chi connectivity index (χ0) is 14.8. The van der Waals surface area contributed by atoms with E-state index < -0.39 is 0 Å². The first-order chi connectivity index (χ1) is 9.94. The molecule has 4 saturated carbocycles. The Balaban J connectivity index is 1.66. The maximum atomic E-state index is 12.1. The Kier molecular flexibility index (Phi) is 2.98. The van der Waals surface area contributed by atoms with Gasteiger partial charge in [0.2, 0.25) is 0 Å². The third kappa shape index (κ3) is 1.85. The largest absolute Gasteiger partial charge is 0.295 e. The third-order valence-electron chi connectivity index (χ3n) is 8.27. The number of allylic oxidation sites excluding steroid dienone is 1. The molecule has 4 aliphatic rings. The highest BCUT2D eigenvalue weighted by Gasteiger charge is 2.58. The second kappa shape index (κ2) is 4.46. The van der Waals surface area contributed by atoms with Crippen LogP contribution in [0.5, 0.6) is 0 Å². The van der Waals surface area contributed by atoms with Crippen LogP contribution in [0.2, 0.25) is 0 Å². The van der Waals surface area contributed by atoms with E-state index in [1.54, 1.807) is 0 Å². The Morgan fingerprint density at radius 1 is 1.05 bits per heavy atom. The minimum absolute atomic E-state index is 0.359. The van der Waals surface area contributed by atoms with Crippen molar-refractivity contribution in [2.24, 2.45) is 34.5 Å². The number of hydrogen-bond donors (Lipinski definition) is 0. The van der Waals surface area contributed by atoms with Gasteiger partial charge in [-0.2, -0.15) is 0 Å². The lowest BCUT2D eigenvalue weighted by molar-refractivity contribution is -0.130. The summed E-state index contributed by atoms with van der Waals surface area (Å²) in [6.45, 7) is 9.17. The smallest absolute Gasteiger partial charge is 0.158 e. The van der Waals surface area contributed by atoms with Gasteiger partial charge >= 0.3 is 0 Å². The number of hydrogen-bond acceptors (Lipinski definition) is 1. The highest BCUT2D eigenvalue weighted by Crippen LogP contribution is 2.66. The molecule has 6 atom stereocenters. The molecule has 1 heteroatoms. The topological polar surface area (TPSA) is 17.1 Å². The van der Waals surface area contributed by atoms with Gasteiger partial charge in [0.15, 0.2) is 5.78 Å². The Morgan fingerprint density at radius 3 is 2.67 bits per heavy atom. The van der Waals surface area contributed by atoms with E-state index in [2.05, 4.69) is 20.4 Å². The Morgan fingerprint density at radius 2 is 1.86 bits per heavy atom. The third-order valence-corrected chi connectivity index (χ3v) is 8.27. The monoisotopic (exact) mass is 286 g/mol. The molecule has 0 aromatic carbocycles. The lowest BCUT2D eigenvalue weighted by Gasteiger charge is -2.59. The molecule has 21 heavy (non-hydrogen) atoms. The predicted octanol–water partition coefficient (Wildman–Crippen LogP) is 5.15. The Hall–Kier alpha value is -0.590. The number of carbonyl (C=O) groups excluding carboxylic acids is 1. The summed E-state index contributed by atoms with van der Waals surface area (Å²) >= 11 is 0. The lowest BCUT2D eigenvalue weighted by Crippen LogP contribution is -2.53. The molecule has 0 heterocycles. The van der Waals surface area contributed by atoms with Crippen molar-refractivity contribution in [2.75, 3.05) is 0 Å². The highest BCUT2D eigenvalue weighted by atomic mass is 16.1. The molecule has 0 aromatic heterocycles. The van der Waals surface area contributed by atoms with Gasteiger partial charge < -0.3 is 0 Å². The first-order valence-electron chi connectivity index (χ1n) is 9.15. The summed E-state index contributed by atoms with van der Waals surface area (Å²) in [4.78, 5) is 12.1. The zero-order valence-electron chi connectivity index (χ0n) is 13.8. The van der Waals surface area contributed by atoms with Crippen LogP contribution in [0.15, 0.2) is 12.2 Å². The first-order valence-corrected chi connectivity index (χ1v) is 9.15. The standard InChI is InChI=1S/C20H30O/c1-13-12-20(3)14(11-18(13)21)6-7-15-16-5-4-9-19(16,2)10-8-17(15)20/h14-17H,1,4-12H2,2-3H3/t14-,15-,16-,17-,19-,20-/m0/s1. The SMILES string of the molecule is C=C1C[C@@]2(C)[C@@H](CC[C@H]3[C@@H]4CCC[C@@]4(C)CC[C@@H]32)CC1=O. The summed E-state index contributed by atoms with van der Waals surface area (Å²) in [6, 6.07) is 0. The summed E-state index contributed by atoms with van der Waals surface area (Å²) < 4.78 is 0. The van der Waals surface area contributed by atoms with Crippen LogP contribution in [0.4, 0.5) is 0 Å². The number of fused-ring (bicyclic) bond motifs is 5. The van der Waals surface area contributed by atoms with Gasteiger partial charge in [0.05, 0.1) is 0 Å². The molecule has 0 saturated heterocycles. The molecule has 1 nitrogen and oxygen atoms in total. The molecule has 0 unspecified atom stereocenters. The fourth-order valence-corrected chi connectivity index (χ4v) is 7.07. The van der Waals surface area contributed by atoms with E-state index in [0.29, 0.717) is 22.5 Å². The van der Waals surface area contributed by atoms with Crippen LogP contribution in [0.1, 0.15) is 71.6 Å². The van der Waals surface area contributed by atoms with Crippen LogP contribution in [0.25, 0.3) is 0 Å². The molecular formula is C20H30O. The van der Waals surface area contributed by atoms with Crippen LogP contribution in [0, 0.1) is 34.5 Å². The highest BCUT2D eigenvalue weighted by molar-refractivity contribution is 5.95. The summed E-state index contributed by atoms with van der Waals surface area (Å²) in [5.74, 6) is 3.77. The molecule has 0 amide bonds. The van der Waals surface area contributed by atoms with Crippen molar-refractivity contribution in [2.45, 2.75) is 71.6 Å². The van der Waals surface area contributed by atoms with Gasteiger partial charge in [-0.3, -0.25) is 4.79 Å². The second-order valence-electron chi connectivity index (χ2n) is 9.15. The van der Waals surface area contributed by atoms with Gasteiger partial charge in [-0.05, 0) is 85.0 Å². The molecule has 4 aliphatic carbocycles. The summed E-state index contributed by atoms with van der Waals surface area (Å²) in [5, 5.41) is 0. The van der Waals surface area contributed by atoms with Gasteiger partial charge in [0.25, 0.3) is 0 Å². The van der Waals surface area contributed by atoms with Gasteiger partial charge in [-0.1, -0.05) is 26.8 Å². The molecule has 0 N–H and O–H groups in total. The molecule has 0 aliphatic heterocycles. The summed E-state index contributed by atoms with van der Waals surface area (Å²) in [5.41, 5.74) is 1.94. The first kappa shape index (κ1) is 14.0. The van der Waals surface area contributed by atoms with E-state index in [1.165, 1.54) is 44.9 Å². The Labute approximate surface area is 129 Å². The van der Waals surface area contributed by atoms with Crippen molar-refractivity contribution in [3.05, 3.63) is 12.2 Å². The van der Waals surface area contributed by atoms with E-state index in [0.717, 1.165) is 36.2 Å². The fourth-order valence-electron chi connectivity index (χ4n) is 7.07. The van der Waals surface area contributed by atoms with E-state index in [4.69, 9.17) is 0 Å². The quantitative estimate of drug-likeness (QED) is 0.562. The van der Waals surface area contributed by atoms with Crippen molar-refractivity contribution in [1.82, 2.24) is 0 Å². The molecule has 116 valence electrons. The molecule has 0 aromatic rings. The number of rotatable bonds is 0. The van der Waals surface area contributed by atoms with Gasteiger partial charge in [0, 0.05) is 6.42 Å². The molecule has 4 fully saturated rings. The van der Waals surface area contributed by atoms with Crippen LogP contribution in [-0.2, 0) is 4.79 Å². The minimum atomic E-state index is 0.359. The molecule has 0 spiro atoms. The van der Waals surface area contributed by atoms with Crippen molar-refractivity contribution >= 4 is 5.78 Å². The molecular weight excluding hydrogens is 256 g/mol. The normalized spacial score (nSPS) is 53.0. The van der Waals surface area contributed by atoms with Crippen molar-refractivity contribution in [1.29, 1.82) is 0 Å². The van der Waals surface area contributed by atoms with Crippen molar-refractivity contribution in [3.8, 4) is 0 Å². The number of Topliss-reactive ketones (excluding diaryl/α,β-unsaturated/α-hetero) is 1. The van der Waals surface area contributed by atoms with E-state index >= 15 is 0 Å². The van der Waals surface area contributed by atoms with Crippen LogP contribution in [-0.4, -0.2) is 5.78 Å². The maximum Gasteiger partial charge on any atom is 0.158 e. The van der Waals surface area contributed by atoms with E-state index in [9.17, 15) is 4.79 Å². The molecule has 0 radical (unpaired) electrons. The average molecular weight is 286 g/mol. The van der Waals surface area contributed by atoms with Gasteiger partial charge in [-0.15, -0.1) is 0 Å². The van der Waals surface area contributed by atoms with Crippen LogP contribution < -0.4 is 0 Å². The van der Waals surface area contributed by atoms with Gasteiger partial charge in [-0.25, -0.2) is 0 Å². The predicted molar refractivity (Wildman–Crippen MR) is 85.9 cm³/mol. The van der Waals surface area contributed by atoms with Gasteiger partial charge in [0.1, 0.15) is 0 Å². The van der Waals surface area contributed by atoms with Crippen molar-refractivity contribution in [3.63, 3.8) is 0 Å². The lowest BCUT2D eigenvalue weighted by atomic mass is 9.45. The Bertz CT molecular complexity index is 492. The zero-order valence-corrected chi connectivity index (χ0v) is 13.8. The minimum Gasteiger partial charge on any atom is -0.295 e. The average Bonchev–Trinajstić information content (AvgIpc) is 2.82. The van der Waals surface area contributed by atoms with E-state index in [1.807, 2.05) is 0 Å². The summed E-state index contributed by atoms with van der Waals surface area (Å²) in [6.07, 6.45) is 11.7. The molecule has 0 bridgehead atoms. The number of carbonyl (C=O) groups is 1. The van der Waals surface area contributed by atoms with Crippen molar-refractivity contribution < 1.29 is 4.79 Å². The second-order valence-corrected chi connectivity index (χ2v) is 9.15. The van der Waals surface area contributed by atoms with Crippen LogP contribution >= 0.6 is 0 Å². The molecule has 4 rings (SSSR count).